The van der Waals surface area contributed by atoms with Gasteiger partial charge in [-0.1, -0.05) is 33.1 Å². The zero-order valence-corrected chi connectivity index (χ0v) is 19.0. The zero-order valence-electron chi connectivity index (χ0n) is 19.0. The van der Waals surface area contributed by atoms with Gasteiger partial charge < -0.3 is 10.2 Å². The van der Waals surface area contributed by atoms with Crippen LogP contribution < -0.4 is 5.32 Å². The lowest BCUT2D eigenvalue weighted by molar-refractivity contribution is -0.137. The first-order chi connectivity index (χ1) is 15.4. The monoisotopic (exact) mass is 440 g/mol. The molecule has 7 heteroatoms. The highest BCUT2D eigenvalue weighted by atomic mass is 19.1. The van der Waals surface area contributed by atoms with Crippen LogP contribution >= 0.6 is 0 Å². The van der Waals surface area contributed by atoms with Crippen molar-refractivity contribution in [3.63, 3.8) is 0 Å². The standard InChI is InChI=1S/C25H33FN4O2/c1-17(2)23-22(16-27-30(23)21-10-8-19(26)9-11-21)24(31)28-20-12-14-29(15-13-20)25(32)18-6-4-3-5-7-18/h8-11,16-18,20H,3-7,12-15H2,1-2H3,(H,28,31). The Hall–Kier alpha value is -2.70. The number of amides is 2. The molecule has 2 fully saturated rings. The summed E-state index contributed by atoms with van der Waals surface area (Å²) < 4.78 is 15.0. The Labute approximate surface area is 189 Å². The maximum atomic E-state index is 13.3. The Morgan fingerprint density at radius 3 is 2.31 bits per heavy atom. The minimum atomic E-state index is -0.307. The Bertz CT molecular complexity index is 939. The summed E-state index contributed by atoms with van der Waals surface area (Å²) in [7, 11) is 0. The number of piperidine rings is 1. The Kier molecular flexibility index (Phi) is 6.92. The highest BCUT2D eigenvalue weighted by Gasteiger charge is 2.30. The molecule has 1 N–H and O–H groups in total. The van der Waals surface area contributed by atoms with Crippen molar-refractivity contribution in [3.05, 3.63) is 47.5 Å². The van der Waals surface area contributed by atoms with E-state index in [2.05, 4.69) is 10.4 Å². The molecule has 1 aromatic heterocycles. The molecule has 0 bridgehead atoms. The number of carbonyl (C=O) groups is 2. The normalized spacial score (nSPS) is 18.2. The van der Waals surface area contributed by atoms with Crippen LogP contribution in [0.25, 0.3) is 5.69 Å². The zero-order chi connectivity index (χ0) is 22.7. The molecule has 1 aromatic carbocycles. The number of halogens is 1. The third-order valence-electron chi connectivity index (χ3n) is 6.77. The van der Waals surface area contributed by atoms with Crippen LogP contribution in [0, 0.1) is 11.7 Å². The van der Waals surface area contributed by atoms with Crippen LogP contribution in [0.4, 0.5) is 4.39 Å². The van der Waals surface area contributed by atoms with Gasteiger partial charge in [0, 0.05) is 25.0 Å². The fraction of sp³-hybridized carbons (Fsp3) is 0.560. The van der Waals surface area contributed by atoms with Gasteiger partial charge in [-0.05, 0) is 55.9 Å². The van der Waals surface area contributed by atoms with Gasteiger partial charge in [-0.25, -0.2) is 9.07 Å². The van der Waals surface area contributed by atoms with E-state index in [-0.39, 0.29) is 29.6 Å². The van der Waals surface area contributed by atoms with Crippen molar-refractivity contribution in [2.75, 3.05) is 13.1 Å². The summed E-state index contributed by atoms with van der Waals surface area (Å²) in [6, 6.07) is 6.16. The summed E-state index contributed by atoms with van der Waals surface area (Å²) in [5.74, 6) is 0.119. The highest BCUT2D eigenvalue weighted by Crippen LogP contribution is 2.27. The van der Waals surface area contributed by atoms with Crippen LogP contribution in [0.3, 0.4) is 0 Å². The van der Waals surface area contributed by atoms with Crippen LogP contribution in [0.2, 0.25) is 0 Å². The van der Waals surface area contributed by atoms with Crippen LogP contribution in [0.5, 0.6) is 0 Å². The number of carbonyl (C=O) groups excluding carboxylic acids is 2. The smallest absolute Gasteiger partial charge is 0.255 e. The summed E-state index contributed by atoms with van der Waals surface area (Å²) in [4.78, 5) is 27.9. The summed E-state index contributed by atoms with van der Waals surface area (Å²) >= 11 is 0. The van der Waals surface area contributed by atoms with Gasteiger partial charge in [0.25, 0.3) is 5.91 Å². The average Bonchev–Trinajstić information content (AvgIpc) is 3.26. The van der Waals surface area contributed by atoms with E-state index in [4.69, 9.17) is 0 Å². The summed E-state index contributed by atoms with van der Waals surface area (Å²) in [5.41, 5.74) is 2.08. The molecule has 2 amide bonds. The highest BCUT2D eigenvalue weighted by molar-refractivity contribution is 5.95. The van der Waals surface area contributed by atoms with Gasteiger partial charge in [-0.3, -0.25) is 9.59 Å². The topological polar surface area (TPSA) is 67.2 Å². The van der Waals surface area contributed by atoms with Gasteiger partial charge >= 0.3 is 0 Å². The molecule has 6 nitrogen and oxygen atoms in total. The molecule has 0 radical (unpaired) electrons. The Morgan fingerprint density at radius 1 is 1.03 bits per heavy atom. The fourth-order valence-electron chi connectivity index (χ4n) is 4.99. The molecule has 172 valence electrons. The van der Waals surface area contributed by atoms with E-state index in [9.17, 15) is 14.0 Å². The van der Waals surface area contributed by atoms with Crippen LogP contribution in [-0.2, 0) is 4.79 Å². The van der Waals surface area contributed by atoms with Crippen molar-refractivity contribution in [1.82, 2.24) is 20.0 Å². The second-order valence-corrected chi connectivity index (χ2v) is 9.39. The molecule has 0 atom stereocenters. The molecule has 1 saturated heterocycles. The summed E-state index contributed by atoms with van der Waals surface area (Å²) in [6.07, 6.45) is 8.74. The SMILES string of the molecule is CC(C)c1c(C(=O)NC2CCN(C(=O)C3CCCCC3)CC2)cnn1-c1ccc(F)cc1. The molecule has 32 heavy (non-hydrogen) atoms. The summed E-state index contributed by atoms with van der Waals surface area (Å²) in [6.45, 7) is 5.44. The van der Waals surface area contributed by atoms with Crippen molar-refractivity contribution in [1.29, 1.82) is 0 Å². The predicted molar refractivity (Wildman–Crippen MR) is 121 cm³/mol. The quantitative estimate of drug-likeness (QED) is 0.748. The van der Waals surface area contributed by atoms with Crippen LogP contribution in [0.1, 0.15) is 80.8 Å². The number of nitrogens with zero attached hydrogens (tertiary/aromatic N) is 3. The number of likely N-dealkylation sites (tertiary alicyclic amines) is 1. The van der Waals surface area contributed by atoms with Crippen molar-refractivity contribution < 1.29 is 14.0 Å². The van der Waals surface area contributed by atoms with Crippen LogP contribution in [-0.4, -0.2) is 45.6 Å². The molecule has 1 aliphatic heterocycles. The molecule has 2 heterocycles. The van der Waals surface area contributed by atoms with E-state index in [1.54, 1.807) is 23.0 Å². The minimum Gasteiger partial charge on any atom is -0.349 e. The molecule has 2 aromatic rings. The van der Waals surface area contributed by atoms with Crippen molar-refractivity contribution in [2.24, 2.45) is 5.92 Å². The third kappa shape index (κ3) is 4.87. The van der Waals surface area contributed by atoms with Gasteiger partial charge in [0.2, 0.25) is 5.91 Å². The average molecular weight is 441 g/mol. The molecule has 2 aliphatic rings. The molecule has 0 spiro atoms. The van der Waals surface area contributed by atoms with Gasteiger partial charge in [0.1, 0.15) is 5.82 Å². The lowest BCUT2D eigenvalue weighted by Gasteiger charge is -2.35. The van der Waals surface area contributed by atoms with Gasteiger partial charge in [-0.15, -0.1) is 0 Å². The number of nitrogens with one attached hydrogen (secondary N) is 1. The van der Waals surface area contributed by atoms with E-state index in [0.717, 1.165) is 49.9 Å². The third-order valence-corrected chi connectivity index (χ3v) is 6.77. The second-order valence-electron chi connectivity index (χ2n) is 9.39. The number of rotatable bonds is 5. The first-order valence-corrected chi connectivity index (χ1v) is 11.9. The molecule has 1 aliphatic carbocycles. The largest absolute Gasteiger partial charge is 0.349 e. The van der Waals surface area contributed by atoms with E-state index in [1.165, 1.54) is 18.6 Å². The van der Waals surface area contributed by atoms with E-state index in [0.29, 0.717) is 24.6 Å². The Morgan fingerprint density at radius 2 is 1.69 bits per heavy atom. The van der Waals surface area contributed by atoms with E-state index in [1.807, 2.05) is 18.7 Å². The van der Waals surface area contributed by atoms with Crippen LogP contribution in [0.15, 0.2) is 30.5 Å². The lowest BCUT2D eigenvalue weighted by atomic mass is 9.87. The fourth-order valence-corrected chi connectivity index (χ4v) is 4.99. The van der Waals surface area contributed by atoms with Crippen molar-refractivity contribution in [3.8, 4) is 5.69 Å². The van der Waals surface area contributed by atoms with Gasteiger partial charge in [0.15, 0.2) is 0 Å². The Balaban J connectivity index is 1.39. The predicted octanol–water partition coefficient (Wildman–Crippen LogP) is 4.44. The van der Waals surface area contributed by atoms with E-state index >= 15 is 0 Å². The molecular weight excluding hydrogens is 407 g/mol. The number of hydrogen-bond donors (Lipinski definition) is 1. The van der Waals surface area contributed by atoms with Gasteiger partial charge in [0.05, 0.1) is 23.1 Å². The number of benzene rings is 1. The van der Waals surface area contributed by atoms with Gasteiger partial charge in [-0.2, -0.15) is 5.10 Å². The molecular formula is C25H33FN4O2. The number of aromatic nitrogens is 2. The van der Waals surface area contributed by atoms with Crippen molar-refractivity contribution in [2.45, 2.75) is 70.8 Å². The molecule has 0 unspecified atom stereocenters. The minimum absolute atomic E-state index is 0.0482. The van der Waals surface area contributed by atoms with E-state index < -0.39 is 0 Å². The van der Waals surface area contributed by atoms with Crippen molar-refractivity contribution >= 4 is 11.8 Å². The maximum absolute atomic E-state index is 13.3. The first kappa shape index (κ1) is 22.5. The molecule has 1 saturated carbocycles. The number of hydrogen-bond acceptors (Lipinski definition) is 3. The summed E-state index contributed by atoms with van der Waals surface area (Å²) in [5, 5.41) is 7.57. The maximum Gasteiger partial charge on any atom is 0.255 e. The first-order valence-electron chi connectivity index (χ1n) is 11.9. The molecule has 4 rings (SSSR count). The lowest BCUT2D eigenvalue weighted by Crippen LogP contribution is -2.48. The second kappa shape index (κ2) is 9.84.